The van der Waals surface area contributed by atoms with Crippen molar-refractivity contribution in [1.29, 1.82) is 5.26 Å². The number of hydrogen-bond acceptors (Lipinski definition) is 4. The molecule has 0 bridgehead atoms. The van der Waals surface area contributed by atoms with E-state index in [-0.39, 0.29) is 5.91 Å². The van der Waals surface area contributed by atoms with E-state index in [9.17, 15) is 10.1 Å². The number of ether oxygens (including phenoxy) is 2. The number of benzene rings is 2. The SMILES string of the molecule is COc1ccc2[nH]c(C(=O)NC(C#N)c3ccccc3OC)cc2c1. The smallest absolute Gasteiger partial charge is 0.269 e. The summed E-state index contributed by atoms with van der Waals surface area (Å²) in [7, 11) is 3.12. The van der Waals surface area contributed by atoms with Crippen LogP contribution in [0.15, 0.2) is 48.5 Å². The number of nitrogens with one attached hydrogen (secondary N) is 2. The molecule has 1 heterocycles. The highest BCUT2D eigenvalue weighted by atomic mass is 16.5. The number of aromatic amines is 1. The number of nitriles is 1. The molecule has 3 rings (SSSR count). The average molecular weight is 335 g/mol. The Morgan fingerprint density at radius 3 is 2.68 bits per heavy atom. The van der Waals surface area contributed by atoms with Gasteiger partial charge >= 0.3 is 0 Å². The van der Waals surface area contributed by atoms with Gasteiger partial charge in [-0.05, 0) is 30.3 Å². The molecule has 0 aliphatic heterocycles. The summed E-state index contributed by atoms with van der Waals surface area (Å²) in [6.07, 6.45) is 0. The zero-order valence-electron chi connectivity index (χ0n) is 13.9. The second-order valence-corrected chi connectivity index (χ2v) is 5.41. The van der Waals surface area contributed by atoms with Crippen LogP contribution in [0.3, 0.4) is 0 Å². The van der Waals surface area contributed by atoms with Crippen molar-refractivity contribution in [2.24, 2.45) is 0 Å². The number of carbonyl (C=O) groups excluding carboxylic acids is 1. The second-order valence-electron chi connectivity index (χ2n) is 5.41. The lowest BCUT2D eigenvalue weighted by Crippen LogP contribution is -2.28. The Kier molecular flexibility index (Phi) is 4.57. The van der Waals surface area contributed by atoms with Crippen LogP contribution in [0.25, 0.3) is 10.9 Å². The summed E-state index contributed by atoms with van der Waals surface area (Å²) in [5, 5.41) is 13.0. The number of nitrogens with zero attached hydrogens (tertiary/aromatic N) is 1. The van der Waals surface area contributed by atoms with Gasteiger partial charge in [0.1, 0.15) is 23.2 Å². The maximum atomic E-state index is 12.5. The number of fused-ring (bicyclic) bond motifs is 1. The zero-order chi connectivity index (χ0) is 17.8. The van der Waals surface area contributed by atoms with E-state index < -0.39 is 6.04 Å². The predicted octanol–water partition coefficient (Wildman–Crippen LogP) is 3.18. The first-order valence-electron chi connectivity index (χ1n) is 7.66. The first-order valence-corrected chi connectivity index (χ1v) is 7.66. The standard InChI is InChI=1S/C19H17N3O3/c1-24-13-7-8-15-12(9-13)10-16(21-15)19(23)22-17(11-20)14-5-3-4-6-18(14)25-2/h3-10,17,21H,1-2H3,(H,22,23). The number of rotatable bonds is 5. The minimum atomic E-state index is -0.815. The molecule has 0 aliphatic rings. The van der Waals surface area contributed by atoms with E-state index in [1.807, 2.05) is 24.3 Å². The number of methoxy groups -OCH3 is 2. The normalized spacial score (nSPS) is 11.6. The molecule has 0 radical (unpaired) electrons. The van der Waals surface area contributed by atoms with Crippen LogP contribution in [-0.2, 0) is 0 Å². The van der Waals surface area contributed by atoms with Crippen molar-refractivity contribution >= 4 is 16.8 Å². The molecule has 0 saturated carbocycles. The topological polar surface area (TPSA) is 87.1 Å². The van der Waals surface area contributed by atoms with Crippen LogP contribution in [0.5, 0.6) is 11.5 Å². The van der Waals surface area contributed by atoms with Gasteiger partial charge in [0.05, 0.1) is 20.3 Å². The lowest BCUT2D eigenvalue weighted by Gasteiger charge is -2.14. The molecule has 2 N–H and O–H groups in total. The number of aromatic nitrogens is 1. The summed E-state index contributed by atoms with van der Waals surface area (Å²) >= 11 is 0. The van der Waals surface area contributed by atoms with Gasteiger partial charge in [0.25, 0.3) is 5.91 Å². The third kappa shape index (κ3) is 3.26. The molecule has 25 heavy (non-hydrogen) atoms. The van der Waals surface area contributed by atoms with E-state index in [1.54, 1.807) is 31.4 Å². The van der Waals surface area contributed by atoms with Gasteiger partial charge in [-0.2, -0.15) is 5.26 Å². The Balaban J connectivity index is 1.86. The van der Waals surface area contributed by atoms with Crippen LogP contribution in [0, 0.1) is 11.3 Å². The highest BCUT2D eigenvalue weighted by Crippen LogP contribution is 2.25. The number of carbonyl (C=O) groups is 1. The molecule has 126 valence electrons. The molecule has 1 atom stereocenters. The average Bonchev–Trinajstić information content (AvgIpc) is 3.09. The number of para-hydroxylation sites is 1. The molecular formula is C19H17N3O3. The molecule has 0 saturated heterocycles. The van der Waals surface area contributed by atoms with Crippen LogP contribution in [0.1, 0.15) is 22.1 Å². The summed E-state index contributed by atoms with van der Waals surface area (Å²) in [6, 6.07) is 15.6. The lowest BCUT2D eigenvalue weighted by atomic mass is 10.1. The van der Waals surface area contributed by atoms with Gasteiger partial charge in [-0.25, -0.2) is 0 Å². The predicted molar refractivity (Wildman–Crippen MR) is 93.7 cm³/mol. The summed E-state index contributed by atoms with van der Waals surface area (Å²) < 4.78 is 10.5. The quantitative estimate of drug-likeness (QED) is 0.750. The molecule has 2 aromatic carbocycles. The summed E-state index contributed by atoms with van der Waals surface area (Å²) in [4.78, 5) is 15.6. The van der Waals surface area contributed by atoms with E-state index in [4.69, 9.17) is 9.47 Å². The van der Waals surface area contributed by atoms with Crippen molar-refractivity contribution in [1.82, 2.24) is 10.3 Å². The Hall–Kier alpha value is -3.46. The van der Waals surface area contributed by atoms with Gasteiger partial charge in [-0.1, -0.05) is 18.2 Å². The van der Waals surface area contributed by atoms with Gasteiger partial charge in [0.15, 0.2) is 0 Å². The number of amides is 1. The van der Waals surface area contributed by atoms with E-state index in [0.29, 0.717) is 22.8 Å². The fraction of sp³-hybridized carbons (Fsp3) is 0.158. The van der Waals surface area contributed by atoms with Gasteiger partial charge in [0, 0.05) is 16.5 Å². The van der Waals surface area contributed by atoms with Crippen molar-refractivity contribution in [3.63, 3.8) is 0 Å². The molecule has 6 nitrogen and oxygen atoms in total. The van der Waals surface area contributed by atoms with E-state index in [1.165, 1.54) is 7.11 Å². The van der Waals surface area contributed by atoms with E-state index in [0.717, 1.165) is 10.9 Å². The van der Waals surface area contributed by atoms with Crippen molar-refractivity contribution in [3.8, 4) is 17.6 Å². The Bertz CT molecular complexity index is 956. The maximum Gasteiger partial charge on any atom is 0.269 e. The largest absolute Gasteiger partial charge is 0.497 e. The molecule has 1 aromatic heterocycles. The molecule has 1 unspecified atom stereocenters. The molecular weight excluding hydrogens is 318 g/mol. The van der Waals surface area contributed by atoms with Gasteiger partial charge in [0.2, 0.25) is 0 Å². The lowest BCUT2D eigenvalue weighted by molar-refractivity contribution is 0.0940. The first kappa shape index (κ1) is 16.4. The van der Waals surface area contributed by atoms with Crippen molar-refractivity contribution in [2.45, 2.75) is 6.04 Å². The summed E-state index contributed by atoms with van der Waals surface area (Å²) in [5.41, 5.74) is 1.80. The molecule has 0 aliphatic carbocycles. The first-order chi connectivity index (χ1) is 12.2. The van der Waals surface area contributed by atoms with Crippen molar-refractivity contribution < 1.29 is 14.3 Å². The van der Waals surface area contributed by atoms with Crippen molar-refractivity contribution in [2.75, 3.05) is 14.2 Å². The highest BCUT2D eigenvalue weighted by molar-refractivity contribution is 5.98. The third-order valence-electron chi connectivity index (χ3n) is 3.93. The fourth-order valence-corrected chi connectivity index (χ4v) is 2.65. The van der Waals surface area contributed by atoms with E-state index in [2.05, 4.69) is 16.4 Å². The fourth-order valence-electron chi connectivity index (χ4n) is 2.65. The van der Waals surface area contributed by atoms with Crippen LogP contribution in [0.2, 0.25) is 0 Å². The summed E-state index contributed by atoms with van der Waals surface area (Å²) in [5.74, 6) is 0.894. The minimum absolute atomic E-state index is 0.368. The summed E-state index contributed by atoms with van der Waals surface area (Å²) in [6.45, 7) is 0. The van der Waals surface area contributed by atoms with Crippen LogP contribution < -0.4 is 14.8 Å². The molecule has 3 aromatic rings. The van der Waals surface area contributed by atoms with Crippen molar-refractivity contribution in [3.05, 3.63) is 59.8 Å². The third-order valence-corrected chi connectivity index (χ3v) is 3.93. The Labute approximate surface area is 145 Å². The maximum absolute atomic E-state index is 12.5. The number of H-pyrrole nitrogens is 1. The minimum Gasteiger partial charge on any atom is -0.497 e. The molecule has 6 heteroatoms. The zero-order valence-corrected chi connectivity index (χ0v) is 13.9. The monoisotopic (exact) mass is 335 g/mol. The van der Waals surface area contributed by atoms with Crippen LogP contribution in [0.4, 0.5) is 0 Å². The highest BCUT2D eigenvalue weighted by Gasteiger charge is 2.19. The van der Waals surface area contributed by atoms with Gasteiger partial charge < -0.3 is 19.8 Å². The Morgan fingerprint density at radius 2 is 1.96 bits per heavy atom. The molecule has 0 fully saturated rings. The van der Waals surface area contributed by atoms with Crippen LogP contribution in [-0.4, -0.2) is 25.1 Å². The molecule has 0 spiro atoms. The molecule has 1 amide bonds. The van der Waals surface area contributed by atoms with Crippen LogP contribution >= 0.6 is 0 Å². The van der Waals surface area contributed by atoms with Gasteiger partial charge in [-0.15, -0.1) is 0 Å². The number of hydrogen-bond donors (Lipinski definition) is 2. The second kappa shape index (κ2) is 6.97. The Morgan fingerprint density at radius 1 is 1.16 bits per heavy atom. The van der Waals surface area contributed by atoms with Gasteiger partial charge in [-0.3, -0.25) is 4.79 Å². The van der Waals surface area contributed by atoms with E-state index >= 15 is 0 Å².